The number of aromatic nitrogens is 1. The van der Waals surface area contributed by atoms with Crippen molar-refractivity contribution < 1.29 is 4.74 Å². The Bertz CT molecular complexity index is 866. The fraction of sp³-hybridized carbons (Fsp3) is 0.346. The lowest BCUT2D eigenvalue weighted by Crippen LogP contribution is -1.99. The molecule has 0 saturated heterocycles. The summed E-state index contributed by atoms with van der Waals surface area (Å²) in [6.07, 6.45) is 6.17. The number of aryl methyl sites for hydroxylation is 3. The van der Waals surface area contributed by atoms with Gasteiger partial charge in [-0.3, -0.25) is 4.98 Å². The maximum atomic E-state index is 5.63. The molecule has 2 heteroatoms. The fourth-order valence-corrected chi connectivity index (χ4v) is 3.35. The van der Waals surface area contributed by atoms with Gasteiger partial charge >= 0.3 is 0 Å². The quantitative estimate of drug-likeness (QED) is 0.392. The van der Waals surface area contributed by atoms with E-state index in [1.54, 1.807) is 0 Å². The molecule has 0 N–H and O–H groups in total. The highest BCUT2D eigenvalue weighted by Gasteiger charge is 2.11. The minimum atomic E-state index is 0.813. The van der Waals surface area contributed by atoms with Gasteiger partial charge in [-0.05, 0) is 55.4 Å². The Morgan fingerprint density at radius 2 is 1.54 bits per heavy atom. The molecule has 2 aromatic carbocycles. The normalized spacial score (nSPS) is 11.0. The smallest absolute Gasteiger partial charge is 0.0780 e. The van der Waals surface area contributed by atoms with E-state index < -0.39 is 0 Å². The molecule has 0 aliphatic heterocycles. The van der Waals surface area contributed by atoms with E-state index in [2.05, 4.69) is 75.4 Å². The lowest BCUT2D eigenvalue weighted by molar-refractivity contribution is 0.132. The van der Waals surface area contributed by atoms with Crippen molar-refractivity contribution in [1.29, 1.82) is 0 Å². The van der Waals surface area contributed by atoms with Crippen LogP contribution in [0.25, 0.3) is 22.4 Å². The van der Waals surface area contributed by atoms with Crippen LogP contribution < -0.4 is 0 Å². The van der Waals surface area contributed by atoms with Crippen LogP contribution in [-0.4, -0.2) is 18.2 Å². The predicted octanol–water partition coefficient (Wildman–Crippen LogP) is 6.65. The monoisotopic (exact) mass is 373 g/mol. The van der Waals surface area contributed by atoms with Crippen molar-refractivity contribution in [1.82, 2.24) is 4.98 Å². The maximum absolute atomic E-state index is 5.63. The molecule has 0 fully saturated rings. The van der Waals surface area contributed by atoms with E-state index in [0.29, 0.717) is 0 Å². The van der Waals surface area contributed by atoms with Crippen LogP contribution in [0.2, 0.25) is 0 Å². The van der Waals surface area contributed by atoms with E-state index >= 15 is 0 Å². The first-order valence-electron chi connectivity index (χ1n) is 10.4. The van der Waals surface area contributed by atoms with Crippen LogP contribution in [0.3, 0.4) is 0 Å². The molecule has 146 valence electrons. The first-order valence-corrected chi connectivity index (χ1v) is 10.4. The van der Waals surface area contributed by atoms with Crippen LogP contribution in [0.4, 0.5) is 0 Å². The standard InChI is InChI=1S/C26H31NO/c1-4-16-28-17-6-7-22-18-25(23-12-8-20(3)9-13-23)26(27-19-22)24-14-10-21(5-2)11-15-24/h8-15,18-19H,4-7,16-17H2,1-3H3. The number of benzene rings is 2. The van der Waals surface area contributed by atoms with Crippen molar-refractivity contribution in [3.05, 3.63) is 77.5 Å². The Labute approximate surface area is 169 Å². The molecule has 1 heterocycles. The third-order valence-electron chi connectivity index (χ3n) is 5.05. The van der Waals surface area contributed by atoms with Crippen molar-refractivity contribution in [2.75, 3.05) is 13.2 Å². The van der Waals surface area contributed by atoms with E-state index in [1.807, 2.05) is 6.20 Å². The molecule has 0 radical (unpaired) electrons. The number of pyridine rings is 1. The van der Waals surface area contributed by atoms with Crippen molar-refractivity contribution >= 4 is 0 Å². The van der Waals surface area contributed by atoms with Crippen LogP contribution in [0.1, 0.15) is 43.4 Å². The van der Waals surface area contributed by atoms with Crippen molar-refractivity contribution in [3.63, 3.8) is 0 Å². The van der Waals surface area contributed by atoms with E-state index in [1.165, 1.54) is 33.4 Å². The Kier molecular flexibility index (Phi) is 7.39. The lowest BCUT2D eigenvalue weighted by Gasteiger charge is -2.13. The SMILES string of the molecule is CCCOCCCc1cnc(-c2ccc(CC)cc2)c(-c2ccc(C)cc2)c1. The lowest BCUT2D eigenvalue weighted by atomic mass is 9.95. The van der Waals surface area contributed by atoms with Crippen LogP contribution in [0.5, 0.6) is 0 Å². The van der Waals surface area contributed by atoms with Gasteiger partial charge in [-0.2, -0.15) is 0 Å². The molecule has 0 atom stereocenters. The van der Waals surface area contributed by atoms with Gasteiger partial charge in [0.25, 0.3) is 0 Å². The van der Waals surface area contributed by atoms with Crippen molar-refractivity contribution in [2.24, 2.45) is 0 Å². The zero-order chi connectivity index (χ0) is 19.8. The van der Waals surface area contributed by atoms with Crippen molar-refractivity contribution in [3.8, 4) is 22.4 Å². The molecule has 0 spiro atoms. The second kappa shape index (κ2) is 10.2. The van der Waals surface area contributed by atoms with E-state index in [-0.39, 0.29) is 0 Å². The van der Waals surface area contributed by atoms with Crippen LogP contribution in [0, 0.1) is 6.92 Å². The number of hydrogen-bond acceptors (Lipinski definition) is 2. The van der Waals surface area contributed by atoms with Gasteiger partial charge in [0.05, 0.1) is 5.69 Å². The Balaban J connectivity index is 1.90. The number of nitrogens with zero attached hydrogens (tertiary/aromatic N) is 1. The highest BCUT2D eigenvalue weighted by atomic mass is 16.5. The maximum Gasteiger partial charge on any atom is 0.0780 e. The van der Waals surface area contributed by atoms with Gasteiger partial charge in [0.2, 0.25) is 0 Å². The summed E-state index contributed by atoms with van der Waals surface area (Å²) in [7, 11) is 0. The average Bonchev–Trinajstić information content (AvgIpc) is 2.74. The molecule has 0 amide bonds. The number of rotatable bonds is 9. The Morgan fingerprint density at radius 3 is 2.21 bits per heavy atom. The largest absolute Gasteiger partial charge is 0.381 e. The molecule has 0 aliphatic carbocycles. The van der Waals surface area contributed by atoms with Crippen LogP contribution >= 0.6 is 0 Å². The second-order valence-corrected chi connectivity index (χ2v) is 7.37. The highest BCUT2D eigenvalue weighted by Crippen LogP contribution is 2.32. The molecule has 1 aromatic heterocycles. The molecule has 3 rings (SSSR count). The summed E-state index contributed by atoms with van der Waals surface area (Å²) in [6.45, 7) is 8.11. The van der Waals surface area contributed by atoms with Crippen LogP contribution in [-0.2, 0) is 17.6 Å². The van der Waals surface area contributed by atoms with E-state index in [4.69, 9.17) is 9.72 Å². The molecule has 2 nitrogen and oxygen atoms in total. The Morgan fingerprint density at radius 1 is 0.821 bits per heavy atom. The summed E-state index contributed by atoms with van der Waals surface area (Å²) >= 11 is 0. The van der Waals surface area contributed by atoms with Gasteiger partial charge < -0.3 is 4.74 Å². The minimum absolute atomic E-state index is 0.813. The van der Waals surface area contributed by atoms with Gasteiger partial charge in [0.15, 0.2) is 0 Å². The molecule has 0 unspecified atom stereocenters. The zero-order valence-corrected chi connectivity index (χ0v) is 17.4. The van der Waals surface area contributed by atoms with E-state index in [0.717, 1.165) is 44.6 Å². The molecule has 0 saturated carbocycles. The van der Waals surface area contributed by atoms with Gasteiger partial charge in [0, 0.05) is 30.5 Å². The third kappa shape index (κ3) is 5.30. The summed E-state index contributed by atoms with van der Waals surface area (Å²) in [5.74, 6) is 0. The van der Waals surface area contributed by atoms with Crippen molar-refractivity contribution in [2.45, 2.75) is 46.5 Å². The highest BCUT2D eigenvalue weighted by molar-refractivity contribution is 5.81. The molecular formula is C26H31NO. The number of ether oxygens (including phenoxy) is 1. The minimum Gasteiger partial charge on any atom is -0.381 e. The van der Waals surface area contributed by atoms with Gasteiger partial charge in [-0.1, -0.05) is 67.9 Å². The average molecular weight is 374 g/mol. The molecule has 0 bridgehead atoms. The summed E-state index contributed by atoms with van der Waals surface area (Å²) in [6, 6.07) is 19.8. The first kappa shape index (κ1) is 20.3. The zero-order valence-electron chi connectivity index (χ0n) is 17.4. The summed E-state index contributed by atoms with van der Waals surface area (Å²) in [5.41, 5.74) is 8.54. The van der Waals surface area contributed by atoms with Gasteiger partial charge in [-0.15, -0.1) is 0 Å². The summed E-state index contributed by atoms with van der Waals surface area (Å²) < 4.78 is 5.63. The van der Waals surface area contributed by atoms with E-state index in [9.17, 15) is 0 Å². The Hall–Kier alpha value is -2.45. The summed E-state index contributed by atoms with van der Waals surface area (Å²) in [4.78, 5) is 4.88. The molecule has 3 aromatic rings. The van der Waals surface area contributed by atoms with Gasteiger partial charge in [0.1, 0.15) is 0 Å². The van der Waals surface area contributed by atoms with Crippen LogP contribution in [0.15, 0.2) is 60.8 Å². The molecule has 0 aliphatic rings. The molecule has 28 heavy (non-hydrogen) atoms. The first-order chi connectivity index (χ1) is 13.7. The second-order valence-electron chi connectivity index (χ2n) is 7.37. The number of hydrogen-bond donors (Lipinski definition) is 0. The van der Waals surface area contributed by atoms with Gasteiger partial charge in [-0.25, -0.2) is 0 Å². The predicted molar refractivity (Wildman–Crippen MR) is 119 cm³/mol. The fourth-order valence-electron chi connectivity index (χ4n) is 3.35. The summed E-state index contributed by atoms with van der Waals surface area (Å²) in [5, 5.41) is 0. The molecular weight excluding hydrogens is 342 g/mol. The topological polar surface area (TPSA) is 22.1 Å². The third-order valence-corrected chi connectivity index (χ3v) is 5.05.